The summed E-state index contributed by atoms with van der Waals surface area (Å²) in [5, 5.41) is 21.1. The van der Waals surface area contributed by atoms with E-state index in [0.29, 0.717) is 10.9 Å². The number of nitriles is 1. The van der Waals surface area contributed by atoms with Gasteiger partial charge in [-0.3, -0.25) is 10.1 Å². The second-order valence-corrected chi connectivity index (χ2v) is 7.97. The molecule has 1 aromatic carbocycles. The SMILES string of the molecule is COC(=O)c1c(N)c(C#N)cn1-c1cc(SC2CCCCC2)cc([N+](=O)[O-])c1. The molecule has 0 spiro atoms. The van der Waals surface area contributed by atoms with E-state index in [-0.39, 0.29) is 22.6 Å². The summed E-state index contributed by atoms with van der Waals surface area (Å²) in [6.07, 6.45) is 7.09. The number of nitrogen functional groups attached to an aromatic ring is 1. The van der Waals surface area contributed by atoms with Crippen molar-refractivity contribution in [2.24, 2.45) is 0 Å². The number of nitrogens with zero attached hydrogens (tertiary/aromatic N) is 3. The monoisotopic (exact) mass is 400 g/mol. The van der Waals surface area contributed by atoms with Crippen LogP contribution in [0, 0.1) is 21.4 Å². The molecule has 3 rings (SSSR count). The largest absolute Gasteiger partial charge is 0.464 e. The number of carbonyl (C=O) groups is 1. The molecule has 0 aliphatic heterocycles. The van der Waals surface area contributed by atoms with Crippen molar-refractivity contribution in [2.45, 2.75) is 42.2 Å². The summed E-state index contributed by atoms with van der Waals surface area (Å²) >= 11 is 1.61. The van der Waals surface area contributed by atoms with Gasteiger partial charge in [0.2, 0.25) is 0 Å². The van der Waals surface area contributed by atoms with E-state index >= 15 is 0 Å². The van der Waals surface area contributed by atoms with Crippen molar-refractivity contribution >= 4 is 29.1 Å². The highest BCUT2D eigenvalue weighted by Crippen LogP contribution is 2.37. The Morgan fingerprint density at radius 2 is 2.07 bits per heavy atom. The summed E-state index contributed by atoms with van der Waals surface area (Å²) < 4.78 is 6.16. The van der Waals surface area contributed by atoms with Gasteiger partial charge in [-0.2, -0.15) is 5.26 Å². The number of nitrogens with two attached hydrogens (primary N) is 1. The standard InChI is InChI=1S/C19H20N4O4S/c1-27-19(24)18-17(21)12(10-20)11-22(18)13-7-14(23(25)26)9-16(8-13)28-15-5-3-2-4-6-15/h7-9,11,15H,2-6,21H2,1H3. The molecule has 1 aliphatic rings. The van der Waals surface area contributed by atoms with Crippen LogP contribution in [0.15, 0.2) is 29.3 Å². The van der Waals surface area contributed by atoms with Crippen LogP contribution in [0.2, 0.25) is 0 Å². The average molecular weight is 400 g/mol. The van der Waals surface area contributed by atoms with Crippen LogP contribution >= 0.6 is 11.8 Å². The van der Waals surface area contributed by atoms with Crippen LogP contribution in [-0.4, -0.2) is 27.8 Å². The number of anilines is 1. The fourth-order valence-electron chi connectivity index (χ4n) is 3.37. The van der Waals surface area contributed by atoms with Crippen LogP contribution in [0.5, 0.6) is 0 Å². The Kier molecular flexibility index (Phi) is 5.90. The fraction of sp³-hybridized carbons (Fsp3) is 0.368. The number of non-ortho nitro benzene ring substituents is 1. The molecule has 0 bridgehead atoms. The average Bonchev–Trinajstić information content (AvgIpc) is 3.04. The van der Waals surface area contributed by atoms with E-state index in [0.717, 1.165) is 30.6 Å². The van der Waals surface area contributed by atoms with E-state index in [9.17, 15) is 20.2 Å². The van der Waals surface area contributed by atoms with E-state index in [4.69, 9.17) is 10.5 Å². The minimum atomic E-state index is -0.716. The molecule has 9 heteroatoms. The third-order valence-electron chi connectivity index (χ3n) is 4.76. The van der Waals surface area contributed by atoms with Gasteiger partial charge >= 0.3 is 5.97 Å². The van der Waals surface area contributed by atoms with Gasteiger partial charge in [-0.05, 0) is 18.9 Å². The molecule has 1 fully saturated rings. The zero-order valence-corrected chi connectivity index (χ0v) is 16.2. The van der Waals surface area contributed by atoms with E-state index in [1.807, 2.05) is 6.07 Å². The van der Waals surface area contributed by atoms with Crippen molar-refractivity contribution < 1.29 is 14.5 Å². The fourth-order valence-corrected chi connectivity index (χ4v) is 4.71. The Balaban J connectivity index is 2.09. The van der Waals surface area contributed by atoms with Crippen molar-refractivity contribution in [3.8, 4) is 11.8 Å². The highest BCUT2D eigenvalue weighted by atomic mass is 32.2. The molecule has 0 unspecified atom stereocenters. The number of hydrogen-bond donors (Lipinski definition) is 1. The Labute approximate surface area is 166 Å². The van der Waals surface area contributed by atoms with Gasteiger partial charge in [0.25, 0.3) is 5.69 Å². The van der Waals surface area contributed by atoms with Gasteiger partial charge in [0.05, 0.1) is 29.0 Å². The highest BCUT2D eigenvalue weighted by molar-refractivity contribution is 8.00. The molecule has 1 aliphatic carbocycles. The lowest BCUT2D eigenvalue weighted by Crippen LogP contribution is -2.11. The number of thioether (sulfide) groups is 1. The van der Waals surface area contributed by atoms with Gasteiger partial charge < -0.3 is 15.0 Å². The second-order valence-electron chi connectivity index (χ2n) is 6.60. The van der Waals surface area contributed by atoms with Crippen LogP contribution < -0.4 is 5.73 Å². The minimum absolute atomic E-state index is 0.0117. The van der Waals surface area contributed by atoms with Gasteiger partial charge in [-0.25, -0.2) is 4.79 Å². The molecule has 28 heavy (non-hydrogen) atoms. The number of ether oxygens (including phenoxy) is 1. The maximum atomic E-state index is 12.2. The van der Waals surface area contributed by atoms with Crippen molar-refractivity contribution in [3.05, 3.63) is 45.8 Å². The number of hydrogen-bond acceptors (Lipinski definition) is 7. The Morgan fingerprint density at radius 1 is 1.36 bits per heavy atom. The second kappa shape index (κ2) is 8.35. The Morgan fingerprint density at radius 3 is 2.68 bits per heavy atom. The Hall–Kier alpha value is -2.99. The Bertz CT molecular complexity index is 958. The first-order valence-electron chi connectivity index (χ1n) is 8.90. The highest BCUT2D eigenvalue weighted by Gasteiger charge is 2.24. The van der Waals surface area contributed by atoms with E-state index in [1.165, 1.54) is 30.4 Å². The molecule has 1 heterocycles. The molecule has 1 aromatic heterocycles. The van der Waals surface area contributed by atoms with Gasteiger partial charge in [0, 0.05) is 28.5 Å². The van der Waals surface area contributed by atoms with Gasteiger partial charge in [0.15, 0.2) is 5.69 Å². The topological polar surface area (TPSA) is 124 Å². The van der Waals surface area contributed by atoms with E-state index in [1.54, 1.807) is 23.9 Å². The molecule has 2 aromatic rings. The summed E-state index contributed by atoms with van der Waals surface area (Å²) in [4.78, 5) is 23.9. The summed E-state index contributed by atoms with van der Waals surface area (Å²) in [7, 11) is 1.21. The van der Waals surface area contributed by atoms with Crippen molar-refractivity contribution in [2.75, 3.05) is 12.8 Å². The van der Waals surface area contributed by atoms with Crippen LogP contribution in [0.1, 0.15) is 48.2 Å². The summed E-state index contributed by atoms with van der Waals surface area (Å²) in [5.41, 5.74) is 6.31. The minimum Gasteiger partial charge on any atom is -0.464 e. The van der Waals surface area contributed by atoms with Crippen molar-refractivity contribution in [3.63, 3.8) is 0 Å². The number of carbonyl (C=O) groups excluding carboxylic acids is 1. The number of esters is 1. The third-order valence-corrected chi connectivity index (χ3v) is 6.08. The van der Waals surface area contributed by atoms with Crippen LogP contribution in [0.4, 0.5) is 11.4 Å². The van der Waals surface area contributed by atoms with E-state index < -0.39 is 10.9 Å². The molecule has 0 radical (unpaired) electrons. The number of methoxy groups -OCH3 is 1. The number of benzene rings is 1. The van der Waals surface area contributed by atoms with Gasteiger partial charge in [-0.15, -0.1) is 11.8 Å². The molecule has 0 amide bonds. The van der Waals surface area contributed by atoms with E-state index in [2.05, 4.69) is 0 Å². The smallest absolute Gasteiger partial charge is 0.357 e. The normalized spacial score (nSPS) is 14.4. The zero-order chi connectivity index (χ0) is 20.3. The molecule has 0 atom stereocenters. The first kappa shape index (κ1) is 19.8. The van der Waals surface area contributed by atoms with Crippen LogP contribution in [0.25, 0.3) is 5.69 Å². The number of nitro benzene ring substituents is 1. The molecule has 1 saturated carbocycles. The third kappa shape index (κ3) is 3.97. The number of rotatable bonds is 5. The maximum Gasteiger partial charge on any atom is 0.357 e. The van der Waals surface area contributed by atoms with Crippen molar-refractivity contribution in [1.82, 2.24) is 4.57 Å². The first-order valence-corrected chi connectivity index (χ1v) is 9.78. The van der Waals surface area contributed by atoms with Crippen LogP contribution in [-0.2, 0) is 4.74 Å². The summed E-state index contributed by atoms with van der Waals surface area (Å²) in [6, 6.07) is 6.61. The zero-order valence-electron chi connectivity index (χ0n) is 15.4. The lowest BCUT2D eigenvalue weighted by atomic mass is 10.0. The quantitative estimate of drug-likeness (QED) is 0.456. The molecule has 146 valence electrons. The van der Waals surface area contributed by atoms with Crippen LogP contribution in [0.3, 0.4) is 0 Å². The lowest BCUT2D eigenvalue weighted by Gasteiger charge is -2.21. The first-order chi connectivity index (χ1) is 13.4. The lowest BCUT2D eigenvalue weighted by molar-refractivity contribution is -0.385. The molecule has 0 saturated heterocycles. The maximum absolute atomic E-state index is 12.2. The number of nitro groups is 1. The molecular weight excluding hydrogens is 380 g/mol. The van der Waals surface area contributed by atoms with Gasteiger partial charge in [-0.1, -0.05) is 19.3 Å². The summed E-state index contributed by atoms with van der Waals surface area (Å²) in [5.74, 6) is -0.716. The summed E-state index contributed by atoms with van der Waals surface area (Å²) in [6.45, 7) is 0. The molecule has 8 nitrogen and oxygen atoms in total. The predicted molar refractivity (Wildman–Crippen MR) is 106 cm³/mol. The molecular formula is C19H20N4O4S. The number of aromatic nitrogens is 1. The van der Waals surface area contributed by atoms with Crippen molar-refractivity contribution in [1.29, 1.82) is 5.26 Å². The molecule has 2 N–H and O–H groups in total. The van der Waals surface area contributed by atoms with Gasteiger partial charge in [0.1, 0.15) is 6.07 Å². The predicted octanol–water partition coefficient (Wildman–Crippen LogP) is 4.05.